The summed E-state index contributed by atoms with van der Waals surface area (Å²) in [5.74, 6) is -0.374. The summed E-state index contributed by atoms with van der Waals surface area (Å²) in [4.78, 5) is 2.14. The van der Waals surface area contributed by atoms with Crippen LogP contribution in [0.4, 0.5) is 8.78 Å². The van der Waals surface area contributed by atoms with E-state index in [1.165, 1.54) is 24.6 Å². The zero-order chi connectivity index (χ0) is 13.8. The van der Waals surface area contributed by atoms with Crippen molar-refractivity contribution in [2.75, 3.05) is 19.6 Å². The molecule has 4 heteroatoms. The molecule has 0 bridgehead atoms. The van der Waals surface area contributed by atoms with E-state index >= 15 is 0 Å². The summed E-state index contributed by atoms with van der Waals surface area (Å²) >= 11 is 0. The predicted octanol–water partition coefficient (Wildman–Crippen LogP) is 3.09. The topological polar surface area (TPSA) is 29.3 Å². The highest BCUT2D eigenvalue weighted by molar-refractivity contribution is 5.24. The third kappa shape index (κ3) is 3.12. The second-order valence-electron chi connectivity index (χ2n) is 5.30. The van der Waals surface area contributed by atoms with E-state index in [0.29, 0.717) is 5.92 Å². The summed E-state index contributed by atoms with van der Waals surface area (Å²) in [7, 11) is 0. The highest BCUT2D eigenvalue weighted by Crippen LogP contribution is 2.30. The third-order valence-electron chi connectivity index (χ3n) is 4.12. The Labute approximate surface area is 113 Å². The molecule has 1 saturated heterocycles. The van der Waals surface area contributed by atoms with Crippen molar-refractivity contribution in [1.82, 2.24) is 4.90 Å². The molecule has 106 valence electrons. The minimum absolute atomic E-state index is 0.127. The number of rotatable bonds is 4. The van der Waals surface area contributed by atoms with Gasteiger partial charge in [0, 0.05) is 18.7 Å². The van der Waals surface area contributed by atoms with Gasteiger partial charge < -0.3 is 5.73 Å². The van der Waals surface area contributed by atoms with Gasteiger partial charge in [-0.15, -0.1) is 0 Å². The Hall–Kier alpha value is -1.00. The van der Waals surface area contributed by atoms with Gasteiger partial charge in [-0.25, -0.2) is 8.78 Å². The molecular weight excluding hydrogens is 246 g/mol. The highest BCUT2D eigenvalue weighted by atomic mass is 19.1. The van der Waals surface area contributed by atoms with E-state index in [2.05, 4.69) is 11.8 Å². The van der Waals surface area contributed by atoms with Crippen LogP contribution in [0.1, 0.15) is 37.8 Å². The van der Waals surface area contributed by atoms with Crippen LogP contribution >= 0.6 is 0 Å². The molecule has 2 N–H and O–H groups in total. The van der Waals surface area contributed by atoms with Crippen LogP contribution in [0.25, 0.3) is 0 Å². The van der Waals surface area contributed by atoms with E-state index in [-0.39, 0.29) is 18.2 Å². The maximum absolute atomic E-state index is 13.9. The van der Waals surface area contributed by atoms with Crippen molar-refractivity contribution < 1.29 is 8.78 Å². The second kappa shape index (κ2) is 6.44. The van der Waals surface area contributed by atoms with Gasteiger partial charge in [0.15, 0.2) is 0 Å². The monoisotopic (exact) mass is 268 g/mol. The number of likely N-dealkylation sites (tertiary alicyclic amines) is 1. The van der Waals surface area contributed by atoms with Crippen molar-refractivity contribution >= 4 is 0 Å². The third-order valence-corrected chi connectivity index (χ3v) is 4.12. The molecule has 1 aliphatic rings. The lowest BCUT2D eigenvalue weighted by Crippen LogP contribution is -2.41. The summed E-state index contributed by atoms with van der Waals surface area (Å²) in [5, 5.41) is 0. The number of hydrogen-bond donors (Lipinski definition) is 1. The number of halogens is 2. The fourth-order valence-electron chi connectivity index (χ4n) is 2.99. The number of piperidine rings is 1. The van der Waals surface area contributed by atoms with Crippen molar-refractivity contribution in [2.45, 2.75) is 32.2 Å². The molecule has 1 aliphatic heterocycles. The Morgan fingerprint density at radius 3 is 2.63 bits per heavy atom. The van der Waals surface area contributed by atoms with Gasteiger partial charge >= 0.3 is 0 Å². The molecular formula is C15H22F2N2. The Bertz CT molecular complexity index is 402. The van der Waals surface area contributed by atoms with Crippen molar-refractivity contribution in [3.05, 3.63) is 35.4 Å². The summed E-state index contributed by atoms with van der Waals surface area (Å²) in [6.07, 6.45) is 3.38. The largest absolute Gasteiger partial charge is 0.329 e. The van der Waals surface area contributed by atoms with E-state index in [4.69, 9.17) is 5.73 Å². The normalized spacial score (nSPS) is 22.4. The van der Waals surface area contributed by atoms with Gasteiger partial charge in [-0.05, 0) is 37.4 Å². The fourth-order valence-corrected chi connectivity index (χ4v) is 2.99. The lowest BCUT2D eigenvalue weighted by Gasteiger charge is -2.38. The molecule has 0 amide bonds. The van der Waals surface area contributed by atoms with Crippen LogP contribution < -0.4 is 5.73 Å². The molecule has 1 heterocycles. The standard InChI is InChI=1S/C15H22F2N2/c1-2-11-5-4-8-19(10-11)14(9-18)15-12(16)6-3-7-13(15)17/h3,6-7,11,14H,2,4-5,8-10,18H2,1H3. The van der Waals surface area contributed by atoms with Crippen LogP contribution in [0.3, 0.4) is 0 Å². The first kappa shape index (κ1) is 14.4. The van der Waals surface area contributed by atoms with E-state index in [1.54, 1.807) is 0 Å². The number of nitrogens with zero attached hydrogens (tertiary/aromatic N) is 1. The quantitative estimate of drug-likeness (QED) is 0.909. The fraction of sp³-hybridized carbons (Fsp3) is 0.600. The number of hydrogen-bond acceptors (Lipinski definition) is 2. The molecule has 2 rings (SSSR count). The number of nitrogens with two attached hydrogens (primary N) is 1. The van der Waals surface area contributed by atoms with Crippen molar-refractivity contribution in [2.24, 2.45) is 11.7 Å². The maximum atomic E-state index is 13.9. The maximum Gasteiger partial charge on any atom is 0.130 e. The summed E-state index contributed by atoms with van der Waals surface area (Å²) in [6.45, 7) is 4.15. The zero-order valence-electron chi connectivity index (χ0n) is 11.4. The first-order valence-corrected chi connectivity index (χ1v) is 7.05. The minimum atomic E-state index is -0.492. The molecule has 2 nitrogen and oxygen atoms in total. The van der Waals surface area contributed by atoms with Crippen LogP contribution in [0.15, 0.2) is 18.2 Å². The molecule has 19 heavy (non-hydrogen) atoms. The van der Waals surface area contributed by atoms with Gasteiger partial charge in [0.1, 0.15) is 11.6 Å². The first-order valence-electron chi connectivity index (χ1n) is 7.05. The molecule has 0 spiro atoms. The van der Waals surface area contributed by atoms with E-state index in [1.807, 2.05) is 0 Å². The Kier molecular flexibility index (Phi) is 4.88. The average molecular weight is 268 g/mol. The van der Waals surface area contributed by atoms with Gasteiger partial charge in [-0.3, -0.25) is 4.90 Å². The van der Waals surface area contributed by atoms with Gasteiger partial charge in [-0.1, -0.05) is 19.4 Å². The molecule has 1 aromatic carbocycles. The van der Waals surface area contributed by atoms with Crippen LogP contribution in [-0.4, -0.2) is 24.5 Å². The lowest BCUT2D eigenvalue weighted by atomic mass is 9.92. The van der Waals surface area contributed by atoms with Crippen molar-refractivity contribution in [1.29, 1.82) is 0 Å². The number of benzene rings is 1. The Balaban J connectivity index is 2.24. The van der Waals surface area contributed by atoms with Crippen molar-refractivity contribution in [3.8, 4) is 0 Å². The second-order valence-corrected chi connectivity index (χ2v) is 5.30. The van der Waals surface area contributed by atoms with Gasteiger partial charge in [0.05, 0.1) is 6.04 Å². The summed E-state index contributed by atoms with van der Waals surface area (Å²) < 4.78 is 27.8. The van der Waals surface area contributed by atoms with E-state index in [0.717, 1.165) is 25.9 Å². The minimum Gasteiger partial charge on any atom is -0.329 e. The van der Waals surface area contributed by atoms with E-state index in [9.17, 15) is 8.78 Å². The summed E-state index contributed by atoms with van der Waals surface area (Å²) in [6, 6.07) is 3.66. The Morgan fingerprint density at radius 2 is 2.05 bits per heavy atom. The molecule has 2 atom stereocenters. The van der Waals surface area contributed by atoms with Crippen LogP contribution in [-0.2, 0) is 0 Å². The average Bonchev–Trinajstić information content (AvgIpc) is 2.43. The molecule has 0 aliphatic carbocycles. The predicted molar refractivity (Wildman–Crippen MR) is 72.7 cm³/mol. The highest BCUT2D eigenvalue weighted by Gasteiger charge is 2.28. The molecule has 1 aromatic rings. The molecule has 2 unspecified atom stereocenters. The van der Waals surface area contributed by atoms with Crippen molar-refractivity contribution in [3.63, 3.8) is 0 Å². The lowest BCUT2D eigenvalue weighted by molar-refractivity contribution is 0.120. The zero-order valence-corrected chi connectivity index (χ0v) is 11.4. The molecule has 0 aromatic heterocycles. The smallest absolute Gasteiger partial charge is 0.130 e. The van der Waals surface area contributed by atoms with Crippen LogP contribution in [0, 0.1) is 17.6 Å². The van der Waals surface area contributed by atoms with E-state index < -0.39 is 11.6 Å². The molecule has 0 saturated carbocycles. The van der Waals surface area contributed by atoms with Gasteiger partial charge in [0.25, 0.3) is 0 Å². The molecule has 0 radical (unpaired) electrons. The summed E-state index contributed by atoms with van der Waals surface area (Å²) in [5.41, 5.74) is 5.91. The molecule has 1 fully saturated rings. The van der Waals surface area contributed by atoms with Gasteiger partial charge in [0.2, 0.25) is 0 Å². The van der Waals surface area contributed by atoms with Crippen LogP contribution in [0.2, 0.25) is 0 Å². The van der Waals surface area contributed by atoms with Gasteiger partial charge in [-0.2, -0.15) is 0 Å². The first-order chi connectivity index (χ1) is 9.17. The van der Waals surface area contributed by atoms with Crippen LogP contribution in [0.5, 0.6) is 0 Å². The SMILES string of the molecule is CCC1CCCN(C(CN)c2c(F)cccc2F)C1. The Morgan fingerprint density at radius 1 is 1.37 bits per heavy atom.